The second kappa shape index (κ2) is 6.38. The van der Waals surface area contributed by atoms with Gasteiger partial charge < -0.3 is 14.6 Å². The third-order valence-electron chi connectivity index (χ3n) is 3.77. The minimum Gasteiger partial charge on any atom is -0.394 e. The lowest BCUT2D eigenvalue weighted by Crippen LogP contribution is -2.47. The van der Waals surface area contributed by atoms with Crippen LogP contribution >= 0.6 is 0 Å². The molecule has 1 aliphatic heterocycles. The zero-order chi connectivity index (χ0) is 12.1. The third-order valence-corrected chi connectivity index (χ3v) is 3.77. The molecule has 3 heteroatoms. The van der Waals surface area contributed by atoms with Crippen LogP contribution in [-0.2, 0) is 9.47 Å². The number of hydrogen-bond donors (Lipinski definition) is 1. The van der Waals surface area contributed by atoms with E-state index in [1.165, 1.54) is 0 Å². The van der Waals surface area contributed by atoms with Gasteiger partial charge in [-0.2, -0.15) is 0 Å². The van der Waals surface area contributed by atoms with Crippen LogP contribution in [0, 0.1) is 17.8 Å². The predicted octanol–water partition coefficient (Wildman–Crippen LogP) is 2.20. The van der Waals surface area contributed by atoms with Crippen molar-refractivity contribution in [2.24, 2.45) is 17.8 Å². The Kier molecular flexibility index (Phi) is 5.46. The van der Waals surface area contributed by atoms with Crippen LogP contribution < -0.4 is 0 Å². The highest BCUT2D eigenvalue weighted by Crippen LogP contribution is 2.35. The Hall–Kier alpha value is -0.380. The molecule has 16 heavy (non-hydrogen) atoms. The van der Waals surface area contributed by atoms with Gasteiger partial charge in [0.15, 0.2) is 6.29 Å². The van der Waals surface area contributed by atoms with E-state index in [1.54, 1.807) is 0 Å². The fraction of sp³-hybridized carbons (Fsp3) is 0.846. The van der Waals surface area contributed by atoms with Gasteiger partial charge in [0.2, 0.25) is 0 Å². The van der Waals surface area contributed by atoms with Crippen LogP contribution in [0.5, 0.6) is 0 Å². The number of rotatable bonds is 5. The van der Waals surface area contributed by atoms with Gasteiger partial charge in [-0.3, -0.25) is 0 Å². The summed E-state index contributed by atoms with van der Waals surface area (Å²) >= 11 is 0. The van der Waals surface area contributed by atoms with E-state index in [0.29, 0.717) is 24.4 Å². The second-order valence-corrected chi connectivity index (χ2v) is 4.75. The van der Waals surface area contributed by atoms with E-state index in [2.05, 4.69) is 27.4 Å². The van der Waals surface area contributed by atoms with Crippen LogP contribution in [0.2, 0.25) is 0 Å². The Morgan fingerprint density at radius 2 is 1.94 bits per heavy atom. The molecule has 94 valence electrons. The molecule has 5 atom stereocenters. The van der Waals surface area contributed by atoms with E-state index in [9.17, 15) is 5.11 Å². The van der Waals surface area contributed by atoms with E-state index in [0.717, 1.165) is 6.42 Å². The van der Waals surface area contributed by atoms with Crippen molar-refractivity contribution in [1.82, 2.24) is 0 Å². The third kappa shape index (κ3) is 3.06. The zero-order valence-corrected chi connectivity index (χ0v) is 10.6. The van der Waals surface area contributed by atoms with Crippen molar-refractivity contribution in [3.63, 3.8) is 0 Å². The smallest absolute Gasteiger partial charge is 0.160 e. The van der Waals surface area contributed by atoms with Gasteiger partial charge in [0.05, 0.1) is 19.3 Å². The molecule has 1 aliphatic rings. The van der Waals surface area contributed by atoms with Crippen molar-refractivity contribution < 1.29 is 14.6 Å². The van der Waals surface area contributed by atoms with Crippen molar-refractivity contribution in [3.8, 4) is 0 Å². The first kappa shape index (κ1) is 13.7. The largest absolute Gasteiger partial charge is 0.394 e. The first-order valence-corrected chi connectivity index (χ1v) is 6.10. The Morgan fingerprint density at radius 3 is 2.50 bits per heavy atom. The highest BCUT2D eigenvalue weighted by molar-refractivity contribution is 4.82. The van der Waals surface area contributed by atoms with Crippen LogP contribution in [0.15, 0.2) is 12.7 Å². The monoisotopic (exact) mass is 228 g/mol. The Bertz CT molecular complexity index is 215. The van der Waals surface area contributed by atoms with Crippen molar-refractivity contribution in [3.05, 3.63) is 12.7 Å². The summed E-state index contributed by atoms with van der Waals surface area (Å²) in [7, 11) is 0. The van der Waals surface area contributed by atoms with Crippen molar-refractivity contribution in [1.29, 1.82) is 0 Å². The van der Waals surface area contributed by atoms with Crippen LogP contribution in [0.1, 0.15) is 27.2 Å². The fourth-order valence-electron chi connectivity index (χ4n) is 2.15. The predicted molar refractivity (Wildman–Crippen MR) is 64.0 cm³/mol. The van der Waals surface area contributed by atoms with Gasteiger partial charge in [-0.05, 0) is 18.3 Å². The highest BCUT2D eigenvalue weighted by atomic mass is 16.7. The summed E-state index contributed by atoms with van der Waals surface area (Å²) in [5.41, 5.74) is 0. The lowest BCUT2D eigenvalue weighted by Gasteiger charge is -2.42. The van der Waals surface area contributed by atoms with Gasteiger partial charge in [0.1, 0.15) is 0 Å². The minimum atomic E-state index is -0.191. The van der Waals surface area contributed by atoms with Crippen molar-refractivity contribution in [2.45, 2.75) is 39.6 Å². The van der Waals surface area contributed by atoms with Crippen LogP contribution in [0.25, 0.3) is 0 Å². The van der Waals surface area contributed by atoms with E-state index in [4.69, 9.17) is 9.47 Å². The van der Waals surface area contributed by atoms with Crippen molar-refractivity contribution in [2.75, 3.05) is 13.2 Å². The average molecular weight is 228 g/mol. The standard InChI is InChI=1S/C13H24O3/c1-5-6-7-15-13-11(4)9(2)10(3)12(8-14)16-13/h5,9-14H,1,6-8H2,2-4H3/t9-,10-,11+,12+,13?/m0/s1. The molecule has 3 nitrogen and oxygen atoms in total. The summed E-state index contributed by atoms with van der Waals surface area (Å²) in [6.45, 7) is 10.8. The molecule has 0 aromatic heterocycles. The first-order chi connectivity index (χ1) is 7.61. The SMILES string of the molecule is C=CCCOC1O[C@H](CO)[C@@H](C)[C@H](C)[C@H]1C. The molecule has 1 saturated heterocycles. The van der Waals surface area contributed by atoms with E-state index >= 15 is 0 Å². The quantitative estimate of drug-likeness (QED) is 0.579. The summed E-state index contributed by atoms with van der Waals surface area (Å²) in [5, 5.41) is 9.26. The van der Waals surface area contributed by atoms with Gasteiger partial charge in [0.25, 0.3) is 0 Å². The topological polar surface area (TPSA) is 38.7 Å². The molecule has 0 aromatic rings. The van der Waals surface area contributed by atoms with Crippen LogP contribution in [-0.4, -0.2) is 30.7 Å². The molecule has 0 amide bonds. The molecule has 1 unspecified atom stereocenters. The minimum absolute atomic E-state index is 0.0690. The molecular formula is C13H24O3. The first-order valence-electron chi connectivity index (χ1n) is 6.10. The number of aliphatic hydroxyl groups is 1. The average Bonchev–Trinajstić information content (AvgIpc) is 2.29. The van der Waals surface area contributed by atoms with Gasteiger partial charge >= 0.3 is 0 Å². The zero-order valence-electron chi connectivity index (χ0n) is 10.6. The highest BCUT2D eigenvalue weighted by Gasteiger charge is 2.39. The maximum Gasteiger partial charge on any atom is 0.160 e. The molecule has 1 N–H and O–H groups in total. The number of ether oxygens (including phenoxy) is 2. The van der Waals surface area contributed by atoms with Crippen LogP contribution in [0.4, 0.5) is 0 Å². The molecular weight excluding hydrogens is 204 g/mol. The fourth-order valence-corrected chi connectivity index (χ4v) is 2.15. The molecule has 1 fully saturated rings. The Balaban J connectivity index is 2.53. The lowest BCUT2D eigenvalue weighted by atomic mass is 9.79. The van der Waals surface area contributed by atoms with E-state index < -0.39 is 0 Å². The summed E-state index contributed by atoms with van der Waals surface area (Å²) in [5.74, 6) is 1.24. The maximum atomic E-state index is 9.26. The normalized spacial score (nSPS) is 39.6. The maximum absolute atomic E-state index is 9.26. The molecule has 0 aliphatic carbocycles. The van der Waals surface area contributed by atoms with Gasteiger partial charge in [0, 0.05) is 5.92 Å². The number of aliphatic hydroxyl groups excluding tert-OH is 1. The molecule has 0 saturated carbocycles. The molecule has 1 rings (SSSR count). The van der Waals surface area contributed by atoms with Crippen molar-refractivity contribution >= 4 is 0 Å². The molecule has 0 radical (unpaired) electrons. The van der Waals surface area contributed by atoms with Gasteiger partial charge in [-0.25, -0.2) is 0 Å². The summed E-state index contributed by atoms with van der Waals surface area (Å²) in [6.07, 6.45) is 2.38. The Labute approximate surface area is 98.4 Å². The molecule has 0 bridgehead atoms. The van der Waals surface area contributed by atoms with Crippen LogP contribution in [0.3, 0.4) is 0 Å². The Morgan fingerprint density at radius 1 is 1.25 bits per heavy atom. The lowest BCUT2D eigenvalue weighted by molar-refractivity contribution is -0.253. The summed E-state index contributed by atoms with van der Waals surface area (Å²) in [4.78, 5) is 0. The summed E-state index contributed by atoms with van der Waals surface area (Å²) in [6, 6.07) is 0. The second-order valence-electron chi connectivity index (χ2n) is 4.75. The molecule has 0 aromatic carbocycles. The van der Waals surface area contributed by atoms with Gasteiger partial charge in [-0.15, -0.1) is 6.58 Å². The van der Waals surface area contributed by atoms with E-state index in [1.807, 2.05) is 6.08 Å². The molecule has 0 spiro atoms. The van der Waals surface area contributed by atoms with E-state index in [-0.39, 0.29) is 19.0 Å². The number of hydrogen-bond acceptors (Lipinski definition) is 3. The van der Waals surface area contributed by atoms with Gasteiger partial charge in [-0.1, -0.05) is 26.8 Å². The molecule has 1 heterocycles. The summed E-state index contributed by atoms with van der Waals surface area (Å²) < 4.78 is 11.5.